The normalized spacial score (nSPS) is 22.0. The summed E-state index contributed by atoms with van der Waals surface area (Å²) in [5.74, 6) is 0.181. The van der Waals surface area contributed by atoms with E-state index in [1.165, 1.54) is 14.0 Å². The van der Waals surface area contributed by atoms with Gasteiger partial charge in [-0.05, 0) is 38.5 Å². The number of carbonyl (C=O) groups is 2. The van der Waals surface area contributed by atoms with E-state index in [1.54, 1.807) is 25.1 Å². The highest BCUT2D eigenvalue weighted by atomic mass is 32.2. The minimum absolute atomic E-state index is 0.0671. The first-order valence-electron chi connectivity index (χ1n) is 7.47. The summed E-state index contributed by atoms with van der Waals surface area (Å²) >= 11 is 0. The molecule has 1 aromatic carbocycles. The van der Waals surface area contributed by atoms with E-state index < -0.39 is 21.3 Å². The standard InChI is InChI=1S/C16H21NO6S/c1-11(18)12-4-5-13(14(8-12)22-3)23-9-15(19)17-16(2)6-7-24(20,21)10-16/h4-5,8H,6-7,9-10H2,1-3H3,(H,17,19)/t16-/m0/s1. The molecule has 1 N–H and O–H groups in total. The van der Waals surface area contributed by atoms with Gasteiger partial charge in [0.2, 0.25) is 0 Å². The number of sulfone groups is 1. The molecule has 1 saturated heterocycles. The lowest BCUT2D eigenvalue weighted by atomic mass is 10.0. The van der Waals surface area contributed by atoms with E-state index in [9.17, 15) is 18.0 Å². The predicted octanol–water partition coefficient (Wildman–Crippen LogP) is 0.970. The van der Waals surface area contributed by atoms with Gasteiger partial charge in [-0.3, -0.25) is 9.59 Å². The van der Waals surface area contributed by atoms with Gasteiger partial charge >= 0.3 is 0 Å². The molecule has 1 fully saturated rings. The van der Waals surface area contributed by atoms with Gasteiger partial charge in [0.05, 0.1) is 24.2 Å². The zero-order valence-electron chi connectivity index (χ0n) is 13.9. The van der Waals surface area contributed by atoms with E-state index in [4.69, 9.17) is 9.47 Å². The van der Waals surface area contributed by atoms with Crippen LogP contribution in [0.2, 0.25) is 0 Å². The molecular weight excluding hydrogens is 334 g/mol. The van der Waals surface area contributed by atoms with Gasteiger partial charge in [0.1, 0.15) is 0 Å². The van der Waals surface area contributed by atoms with Gasteiger partial charge in [0.15, 0.2) is 33.7 Å². The van der Waals surface area contributed by atoms with Crippen LogP contribution in [0.3, 0.4) is 0 Å². The fourth-order valence-corrected chi connectivity index (χ4v) is 4.72. The Kier molecular flexibility index (Phi) is 5.17. The molecule has 0 aliphatic carbocycles. The Balaban J connectivity index is 1.98. The van der Waals surface area contributed by atoms with Gasteiger partial charge in [-0.25, -0.2) is 8.42 Å². The van der Waals surface area contributed by atoms with Gasteiger partial charge < -0.3 is 14.8 Å². The highest BCUT2D eigenvalue weighted by Crippen LogP contribution is 2.28. The quantitative estimate of drug-likeness (QED) is 0.764. The van der Waals surface area contributed by atoms with Gasteiger partial charge in [-0.15, -0.1) is 0 Å². The van der Waals surface area contributed by atoms with Crippen molar-refractivity contribution in [3.8, 4) is 11.5 Å². The van der Waals surface area contributed by atoms with Crippen molar-refractivity contribution >= 4 is 21.5 Å². The van der Waals surface area contributed by atoms with Crippen LogP contribution in [0.5, 0.6) is 11.5 Å². The Morgan fingerprint density at radius 2 is 2.00 bits per heavy atom. The number of hydrogen-bond acceptors (Lipinski definition) is 6. The second kappa shape index (κ2) is 6.80. The third-order valence-corrected chi connectivity index (χ3v) is 5.78. The molecule has 1 atom stereocenters. The lowest BCUT2D eigenvalue weighted by Gasteiger charge is -2.24. The average molecular weight is 355 g/mol. The van der Waals surface area contributed by atoms with Gasteiger partial charge in [0.25, 0.3) is 5.91 Å². The Bertz CT molecular complexity index is 758. The number of benzene rings is 1. The second-order valence-corrected chi connectivity index (χ2v) is 8.35. The van der Waals surface area contributed by atoms with E-state index in [1.807, 2.05) is 0 Å². The molecule has 8 heteroatoms. The summed E-state index contributed by atoms with van der Waals surface area (Å²) < 4.78 is 33.7. The monoisotopic (exact) mass is 355 g/mol. The molecule has 0 aromatic heterocycles. The van der Waals surface area contributed by atoms with E-state index in [0.29, 0.717) is 23.5 Å². The first-order valence-corrected chi connectivity index (χ1v) is 9.29. The summed E-state index contributed by atoms with van der Waals surface area (Å²) in [7, 11) is -1.66. The fraction of sp³-hybridized carbons (Fsp3) is 0.500. The van der Waals surface area contributed by atoms with E-state index >= 15 is 0 Å². The van der Waals surface area contributed by atoms with Crippen molar-refractivity contribution in [2.75, 3.05) is 25.2 Å². The number of ketones is 1. The van der Waals surface area contributed by atoms with Crippen LogP contribution in [0.4, 0.5) is 0 Å². The molecule has 132 valence electrons. The first kappa shape index (κ1) is 18.3. The molecule has 7 nitrogen and oxygen atoms in total. The molecule has 0 unspecified atom stereocenters. The lowest BCUT2D eigenvalue weighted by Crippen LogP contribution is -2.48. The van der Waals surface area contributed by atoms with Crippen LogP contribution in [-0.2, 0) is 14.6 Å². The molecule has 0 radical (unpaired) electrons. The molecule has 0 saturated carbocycles. The zero-order chi connectivity index (χ0) is 18.0. The minimum Gasteiger partial charge on any atom is -0.493 e. The van der Waals surface area contributed by atoms with Crippen molar-refractivity contribution in [1.29, 1.82) is 0 Å². The second-order valence-electron chi connectivity index (χ2n) is 6.16. The fourth-order valence-electron chi connectivity index (χ4n) is 2.63. The van der Waals surface area contributed by atoms with Crippen LogP contribution in [0, 0.1) is 0 Å². The zero-order valence-corrected chi connectivity index (χ0v) is 14.7. The van der Waals surface area contributed by atoms with Gasteiger partial charge in [-0.2, -0.15) is 0 Å². The molecule has 1 amide bonds. The van der Waals surface area contributed by atoms with E-state index in [-0.39, 0.29) is 23.9 Å². The van der Waals surface area contributed by atoms with Crippen LogP contribution in [0.15, 0.2) is 18.2 Å². The summed E-state index contributed by atoms with van der Waals surface area (Å²) in [6.07, 6.45) is 0.387. The SMILES string of the molecule is COc1cc(C(C)=O)ccc1OCC(=O)N[C@@]1(C)CCS(=O)(=O)C1. The molecule has 0 spiro atoms. The number of carbonyl (C=O) groups excluding carboxylic acids is 2. The predicted molar refractivity (Wildman–Crippen MR) is 88.3 cm³/mol. The van der Waals surface area contributed by atoms with Crippen molar-refractivity contribution in [2.45, 2.75) is 25.8 Å². The highest BCUT2D eigenvalue weighted by Gasteiger charge is 2.39. The largest absolute Gasteiger partial charge is 0.493 e. The van der Waals surface area contributed by atoms with E-state index in [2.05, 4.69) is 5.32 Å². The molecule has 2 rings (SSSR count). The number of hydrogen-bond donors (Lipinski definition) is 1. The smallest absolute Gasteiger partial charge is 0.258 e. The van der Waals surface area contributed by atoms with E-state index in [0.717, 1.165) is 0 Å². The summed E-state index contributed by atoms with van der Waals surface area (Å²) in [5.41, 5.74) is -0.283. The average Bonchev–Trinajstić information content (AvgIpc) is 2.77. The van der Waals surface area contributed by atoms with Crippen molar-refractivity contribution in [1.82, 2.24) is 5.32 Å². The molecule has 1 heterocycles. The topological polar surface area (TPSA) is 98.8 Å². The third kappa shape index (κ3) is 4.47. The number of nitrogens with one attached hydrogen (secondary N) is 1. The number of ether oxygens (including phenoxy) is 2. The molecule has 0 bridgehead atoms. The molecular formula is C16H21NO6S. The molecule has 24 heavy (non-hydrogen) atoms. The Morgan fingerprint density at radius 3 is 2.54 bits per heavy atom. The van der Waals surface area contributed by atoms with Crippen molar-refractivity contribution in [3.63, 3.8) is 0 Å². The van der Waals surface area contributed by atoms with Crippen molar-refractivity contribution in [3.05, 3.63) is 23.8 Å². The highest BCUT2D eigenvalue weighted by molar-refractivity contribution is 7.91. The van der Waals surface area contributed by atoms with Gasteiger partial charge in [-0.1, -0.05) is 0 Å². The molecule has 1 aliphatic heterocycles. The number of rotatable bonds is 6. The first-order chi connectivity index (χ1) is 11.1. The third-order valence-electron chi connectivity index (χ3n) is 3.87. The Labute approximate surface area is 141 Å². The van der Waals surface area contributed by atoms with Crippen LogP contribution in [-0.4, -0.2) is 50.9 Å². The summed E-state index contributed by atoms with van der Waals surface area (Å²) in [6.45, 7) is 2.88. The number of methoxy groups -OCH3 is 1. The van der Waals surface area contributed by atoms with Crippen LogP contribution < -0.4 is 14.8 Å². The maximum absolute atomic E-state index is 12.0. The number of Topliss-reactive ketones (excluding diaryl/α,β-unsaturated/α-hetero) is 1. The minimum atomic E-state index is -3.10. The summed E-state index contributed by atoms with van der Waals surface area (Å²) in [4.78, 5) is 23.4. The summed E-state index contributed by atoms with van der Waals surface area (Å²) in [6, 6.07) is 4.69. The van der Waals surface area contributed by atoms with Crippen LogP contribution in [0.1, 0.15) is 30.6 Å². The van der Waals surface area contributed by atoms with Gasteiger partial charge in [0, 0.05) is 5.56 Å². The maximum Gasteiger partial charge on any atom is 0.258 e. The number of amides is 1. The van der Waals surface area contributed by atoms with Crippen molar-refractivity contribution < 1.29 is 27.5 Å². The Hall–Kier alpha value is -2.09. The Morgan fingerprint density at radius 1 is 1.29 bits per heavy atom. The van der Waals surface area contributed by atoms with Crippen molar-refractivity contribution in [2.24, 2.45) is 0 Å². The molecule has 1 aliphatic rings. The molecule has 1 aromatic rings. The van der Waals surface area contributed by atoms with Crippen LogP contribution in [0.25, 0.3) is 0 Å². The lowest BCUT2D eigenvalue weighted by molar-refractivity contribution is -0.124. The van der Waals surface area contributed by atoms with Crippen LogP contribution >= 0.6 is 0 Å². The summed E-state index contributed by atoms with van der Waals surface area (Å²) in [5, 5.41) is 2.71. The maximum atomic E-state index is 12.0.